The van der Waals surface area contributed by atoms with Gasteiger partial charge in [0.1, 0.15) is 17.5 Å². The van der Waals surface area contributed by atoms with Crippen molar-refractivity contribution in [3.63, 3.8) is 0 Å². The Balaban J connectivity index is 3.16. The van der Waals surface area contributed by atoms with E-state index in [1.165, 1.54) is 0 Å². The van der Waals surface area contributed by atoms with Crippen molar-refractivity contribution in [3.8, 4) is 6.07 Å². The van der Waals surface area contributed by atoms with E-state index in [2.05, 4.69) is 43.8 Å². The molecule has 1 aromatic rings. The van der Waals surface area contributed by atoms with E-state index < -0.39 is 0 Å². The molecule has 1 aromatic heterocycles. The SMILES string of the molecule is Cc1nn(C)c(N(CC(C)C)CC(C)C)c1C#N. The molecular weight excluding hydrogens is 224 g/mol. The minimum atomic E-state index is 0.561. The predicted molar refractivity (Wildman–Crippen MR) is 74.5 cm³/mol. The number of rotatable bonds is 5. The highest BCUT2D eigenvalue weighted by Crippen LogP contribution is 2.24. The van der Waals surface area contributed by atoms with Gasteiger partial charge in [0, 0.05) is 20.1 Å². The van der Waals surface area contributed by atoms with E-state index in [0.29, 0.717) is 17.4 Å². The lowest BCUT2D eigenvalue weighted by molar-refractivity contribution is 0.538. The molecule has 0 N–H and O–H groups in total. The highest BCUT2D eigenvalue weighted by atomic mass is 15.4. The van der Waals surface area contributed by atoms with Crippen LogP contribution in [-0.2, 0) is 7.05 Å². The van der Waals surface area contributed by atoms with Crippen LogP contribution in [0.4, 0.5) is 5.82 Å². The van der Waals surface area contributed by atoms with Crippen molar-refractivity contribution in [1.29, 1.82) is 5.26 Å². The van der Waals surface area contributed by atoms with Crippen LogP contribution in [0.15, 0.2) is 0 Å². The Bertz CT molecular complexity index is 427. The lowest BCUT2D eigenvalue weighted by Gasteiger charge is -2.28. The van der Waals surface area contributed by atoms with E-state index in [-0.39, 0.29) is 0 Å². The third kappa shape index (κ3) is 3.25. The Hall–Kier alpha value is -1.50. The molecule has 0 aromatic carbocycles. The van der Waals surface area contributed by atoms with Crippen molar-refractivity contribution < 1.29 is 0 Å². The summed E-state index contributed by atoms with van der Waals surface area (Å²) in [4.78, 5) is 2.29. The first-order chi connectivity index (χ1) is 8.36. The summed E-state index contributed by atoms with van der Waals surface area (Å²) in [5, 5.41) is 13.7. The summed E-state index contributed by atoms with van der Waals surface area (Å²) in [6.07, 6.45) is 0. The van der Waals surface area contributed by atoms with Crippen LogP contribution in [0.1, 0.15) is 39.0 Å². The molecule has 0 unspecified atom stereocenters. The average Bonchev–Trinajstić information content (AvgIpc) is 2.50. The number of nitrogens with zero attached hydrogens (tertiary/aromatic N) is 4. The summed E-state index contributed by atoms with van der Waals surface area (Å²) in [6.45, 7) is 12.6. The van der Waals surface area contributed by atoms with Gasteiger partial charge in [-0.2, -0.15) is 10.4 Å². The van der Waals surface area contributed by atoms with Crippen molar-refractivity contribution in [3.05, 3.63) is 11.3 Å². The lowest BCUT2D eigenvalue weighted by atomic mass is 10.1. The fourth-order valence-corrected chi connectivity index (χ4v) is 2.27. The molecule has 4 heteroatoms. The van der Waals surface area contributed by atoms with Gasteiger partial charge in [-0.05, 0) is 18.8 Å². The third-order valence-corrected chi connectivity index (χ3v) is 2.77. The minimum absolute atomic E-state index is 0.561. The van der Waals surface area contributed by atoms with E-state index in [9.17, 15) is 5.26 Å². The first kappa shape index (κ1) is 14.6. The first-order valence-corrected chi connectivity index (χ1v) is 6.55. The molecular formula is C14H24N4. The summed E-state index contributed by atoms with van der Waals surface area (Å²) in [5.41, 5.74) is 1.52. The smallest absolute Gasteiger partial charge is 0.144 e. The molecule has 100 valence electrons. The Morgan fingerprint density at radius 1 is 1.22 bits per heavy atom. The van der Waals surface area contributed by atoms with Crippen LogP contribution in [0.3, 0.4) is 0 Å². The molecule has 0 radical (unpaired) electrons. The van der Waals surface area contributed by atoms with E-state index in [1.54, 1.807) is 0 Å². The molecule has 0 saturated carbocycles. The number of aromatic nitrogens is 2. The lowest BCUT2D eigenvalue weighted by Crippen LogP contribution is -2.33. The maximum absolute atomic E-state index is 9.30. The second kappa shape index (κ2) is 5.90. The highest BCUT2D eigenvalue weighted by molar-refractivity contribution is 5.57. The molecule has 1 heterocycles. The van der Waals surface area contributed by atoms with E-state index >= 15 is 0 Å². The quantitative estimate of drug-likeness (QED) is 0.804. The van der Waals surface area contributed by atoms with Crippen molar-refractivity contribution in [2.45, 2.75) is 34.6 Å². The van der Waals surface area contributed by atoms with Gasteiger partial charge in [0.05, 0.1) is 5.69 Å². The van der Waals surface area contributed by atoms with Crippen molar-refractivity contribution >= 4 is 5.82 Å². The molecule has 0 bridgehead atoms. The fourth-order valence-electron chi connectivity index (χ4n) is 2.27. The number of anilines is 1. The zero-order valence-electron chi connectivity index (χ0n) is 12.4. The van der Waals surface area contributed by atoms with Crippen LogP contribution in [0, 0.1) is 30.1 Å². The molecule has 0 atom stereocenters. The molecule has 0 spiro atoms. The largest absolute Gasteiger partial charge is 0.355 e. The molecule has 0 amide bonds. The van der Waals surface area contributed by atoms with Crippen molar-refractivity contribution in [2.75, 3.05) is 18.0 Å². The van der Waals surface area contributed by atoms with Crippen LogP contribution in [0.2, 0.25) is 0 Å². The Labute approximate surface area is 110 Å². The van der Waals surface area contributed by atoms with Gasteiger partial charge in [0.2, 0.25) is 0 Å². The van der Waals surface area contributed by atoms with Crippen LogP contribution >= 0.6 is 0 Å². The number of nitriles is 1. The standard InChI is InChI=1S/C14H24N4/c1-10(2)8-18(9-11(3)4)14-13(7-15)12(5)16-17(14)6/h10-11H,8-9H2,1-6H3. The molecule has 0 fully saturated rings. The topological polar surface area (TPSA) is 44.9 Å². The second-order valence-electron chi connectivity index (χ2n) is 5.71. The summed E-state index contributed by atoms with van der Waals surface area (Å²) in [5.74, 6) is 2.08. The summed E-state index contributed by atoms with van der Waals surface area (Å²) < 4.78 is 1.83. The number of hydrogen-bond donors (Lipinski definition) is 0. The van der Waals surface area contributed by atoms with Gasteiger partial charge in [-0.15, -0.1) is 0 Å². The van der Waals surface area contributed by atoms with Crippen molar-refractivity contribution in [2.24, 2.45) is 18.9 Å². The molecule has 4 nitrogen and oxygen atoms in total. The average molecular weight is 248 g/mol. The Morgan fingerprint density at radius 2 is 1.72 bits per heavy atom. The van der Waals surface area contributed by atoms with Gasteiger partial charge in [0.15, 0.2) is 0 Å². The van der Waals surface area contributed by atoms with E-state index in [1.807, 2.05) is 18.7 Å². The van der Waals surface area contributed by atoms with Gasteiger partial charge in [0.25, 0.3) is 0 Å². The van der Waals surface area contributed by atoms with Crippen LogP contribution < -0.4 is 4.90 Å². The fraction of sp³-hybridized carbons (Fsp3) is 0.714. The zero-order chi connectivity index (χ0) is 13.9. The molecule has 0 aliphatic rings. The van der Waals surface area contributed by atoms with Crippen molar-refractivity contribution in [1.82, 2.24) is 9.78 Å². The monoisotopic (exact) mass is 248 g/mol. The molecule has 0 aliphatic heterocycles. The van der Waals surface area contributed by atoms with Crippen LogP contribution in [0.25, 0.3) is 0 Å². The van der Waals surface area contributed by atoms with Gasteiger partial charge in [-0.25, -0.2) is 0 Å². The zero-order valence-corrected chi connectivity index (χ0v) is 12.4. The number of hydrogen-bond acceptors (Lipinski definition) is 3. The second-order valence-corrected chi connectivity index (χ2v) is 5.71. The third-order valence-electron chi connectivity index (χ3n) is 2.77. The normalized spacial score (nSPS) is 11.1. The molecule has 0 aliphatic carbocycles. The summed E-state index contributed by atoms with van der Waals surface area (Å²) >= 11 is 0. The van der Waals surface area contributed by atoms with Gasteiger partial charge >= 0.3 is 0 Å². The van der Waals surface area contributed by atoms with E-state index in [4.69, 9.17) is 0 Å². The maximum atomic E-state index is 9.30. The van der Waals surface area contributed by atoms with E-state index in [0.717, 1.165) is 24.6 Å². The summed E-state index contributed by atoms with van der Waals surface area (Å²) in [6, 6.07) is 2.29. The minimum Gasteiger partial charge on any atom is -0.355 e. The molecule has 18 heavy (non-hydrogen) atoms. The Morgan fingerprint density at radius 3 is 2.11 bits per heavy atom. The highest BCUT2D eigenvalue weighted by Gasteiger charge is 2.20. The predicted octanol–water partition coefficient (Wildman–Crippen LogP) is 2.72. The van der Waals surface area contributed by atoms with Gasteiger partial charge in [-0.3, -0.25) is 4.68 Å². The molecule has 0 saturated heterocycles. The number of aryl methyl sites for hydroxylation is 2. The van der Waals surface area contributed by atoms with Gasteiger partial charge < -0.3 is 4.90 Å². The van der Waals surface area contributed by atoms with Gasteiger partial charge in [-0.1, -0.05) is 27.7 Å². The van der Waals surface area contributed by atoms with Crippen LogP contribution in [-0.4, -0.2) is 22.9 Å². The maximum Gasteiger partial charge on any atom is 0.144 e. The summed E-state index contributed by atoms with van der Waals surface area (Å²) in [7, 11) is 1.91. The molecule has 1 rings (SSSR count). The first-order valence-electron chi connectivity index (χ1n) is 6.55. The Kier molecular flexibility index (Phi) is 4.77. The van der Waals surface area contributed by atoms with Crippen LogP contribution in [0.5, 0.6) is 0 Å².